The summed E-state index contributed by atoms with van der Waals surface area (Å²) in [7, 11) is 0. The summed E-state index contributed by atoms with van der Waals surface area (Å²) in [6.45, 7) is 2.26. The van der Waals surface area contributed by atoms with Crippen molar-refractivity contribution < 1.29 is 0 Å². The van der Waals surface area contributed by atoms with Crippen LogP contribution in [-0.4, -0.2) is 0 Å². The molecule has 0 saturated carbocycles. The van der Waals surface area contributed by atoms with E-state index in [4.69, 9.17) is 0 Å². The number of benzene rings is 5. The second kappa shape index (κ2) is 9.45. The molecule has 0 N–H and O–H groups in total. The Labute approximate surface area is 225 Å². The van der Waals surface area contributed by atoms with Crippen LogP contribution in [0.5, 0.6) is 0 Å². The zero-order valence-corrected chi connectivity index (χ0v) is 22.6. The Morgan fingerprint density at radius 3 is 2.00 bits per heavy atom. The molecule has 0 fully saturated rings. The van der Waals surface area contributed by atoms with Crippen molar-refractivity contribution in [2.24, 2.45) is 0 Å². The van der Waals surface area contributed by atoms with Gasteiger partial charge < -0.3 is 0 Å². The van der Waals surface area contributed by atoms with Crippen molar-refractivity contribution >= 4 is 63.0 Å². The van der Waals surface area contributed by atoms with E-state index in [2.05, 4.69) is 110 Å². The first kappa shape index (κ1) is 22.7. The SMILES string of the molecule is CCCCCc1ccc(-c2ccc3cc4sc5c6cc(-c7ccccc7)ccc6sc5c4cc3c2)cc1. The molecule has 0 spiro atoms. The van der Waals surface area contributed by atoms with Gasteiger partial charge in [-0.25, -0.2) is 0 Å². The smallest absolute Gasteiger partial charge is 0.0542 e. The highest BCUT2D eigenvalue weighted by Gasteiger charge is 2.14. The van der Waals surface area contributed by atoms with E-state index in [1.807, 2.05) is 22.7 Å². The van der Waals surface area contributed by atoms with E-state index >= 15 is 0 Å². The molecule has 37 heavy (non-hydrogen) atoms. The molecule has 2 heteroatoms. The summed E-state index contributed by atoms with van der Waals surface area (Å²) in [4.78, 5) is 0. The molecule has 0 unspecified atom stereocenters. The van der Waals surface area contributed by atoms with Crippen LogP contribution < -0.4 is 0 Å². The molecule has 0 aliphatic rings. The van der Waals surface area contributed by atoms with Crippen LogP contribution in [0.4, 0.5) is 0 Å². The Morgan fingerprint density at radius 2 is 1.19 bits per heavy atom. The number of unbranched alkanes of at least 4 members (excludes halogenated alkanes) is 2. The van der Waals surface area contributed by atoms with E-state index in [9.17, 15) is 0 Å². The minimum Gasteiger partial charge on any atom is -0.134 e. The third kappa shape index (κ3) is 4.15. The molecule has 0 amide bonds. The normalized spacial score (nSPS) is 11.8. The average Bonchev–Trinajstić information content (AvgIpc) is 3.48. The average molecular weight is 513 g/mol. The van der Waals surface area contributed by atoms with Crippen LogP contribution >= 0.6 is 22.7 Å². The number of thiophene rings is 2. The lowest BCUT2D eigenvalue weighted by molar-refractivity contribution is 0.717. The molecule has 180 valence electrons. The predicted molar refractivity (Wildman–Crippen MR) is 166 cm³/mol. The van der Waals surface area contributed by atoms with Crippen LogP contribution in [-0.2, 0) is 6.42 Å². The second-order valence-electron chi connectivity index (χ2n) is 10.0. The molecule has 0 saturated heterocycles. The van der Waals surface area contributed by atoms with Gasteiger partial charge in [0.1, 0.15) is 0 Å². The van der Waals surface area contributed by atoms with E-state index in [0.717, 1.165) is 0 Å². The lowest BCUT2D eigenvalue weighted by Gasteiger charge is -2.07. The van der Waals surface area contributed by atoms with E-state index in [1.54, 1.807) is 0 Å². The molecule has 7 rings (SSSR count). The summed E-state index contributed by atoms with van der Waals surface area (Å²) >= 11 is 3.87. The summed E-state index contributed by atoms with van der Waals surface area (Å²) in [6, 6.07) is 38.6. The molecule has 0 radical (unpaired) electrons. The third-order valence-electron chi connectivity index (χ3n) is 7.50. The van der Waals surface area contributed by atoms with Crippen LogP contribution in [0, 0.1) is 0 Å². The van der Waals surface area contributed by atoms with Crippen LogP contribution in [0.25, 0.3) is 62.6 Å². The first-order chi connectivity index (χ1) is 18.3. The topological polar surface area (TPSA) is 0 Å². The molecule has 0 nitrogen and oxygen atoms in total. The maximum absolute atomic E-state index is 2.42. The van der Waals surface area contributed by atoms with Crippen molar-refractivity contribution in [3.63, 3.8) is 0 Å². The minimum absolute atomic E-state index is 1.18. The van der Waals surface area contributed by atoms with Crippen molar-refractivity contribution in [2.45, 2.75) is 32.6 Å². The van der Waals surface area contributed by atoms with Gasteiger partial charge in [0.15, 0.2) is 0 Å². The molecule has 2 heterocycles. The first-order valence-corrected chi connectivity index (χ1v) is 14.9. The van der Waals surface area contributed by atoms with Gasteiger partial charge in [0.2, 0.25) is 0 Å². The Kier molecular flexibility index (Phi) is 5.80. The van der Waals surface area contributed by atoms with Crippen molar-refractivity contribution in [2.75, 3.05) is 0 Å². The zero-order valence-electron chi connectivity index (χ0n) is 21.0. The summed E-state index contributed by atoms with van der Waals surface area (Å²) in [5, 5.41) is 5.40. The van der Waals surface area contributed by atoms with Gasteiger partial charge >= 0.3 is 0 Å². The molecular weight excluding hydrogens is 485 g/mol. The number of fused-ring (bicyclic) bond motifs is 6. The summed E-state index contributed by atoms with van der Waals surface area (Å²) in [5.74, 6) is 0. The van der Waals surface area contributed by atoms with Gasteiger partial charge in [0.05, 0.1) is 9.40 Å². The van der Waals surface area contributed by atoms with Gasteiger partial charge in [0.25, 0.3) is 0 Å². The fourth-order valence-electron chi connectivity index (χ4n) is 5.44. The minimum atomic E-state index is 1.18. The highest BCUT2D eigenvalue weighted by atomic mass is 32.1. The highest BCUT2D eigenvalue weighted by molar-refractivity contribution is 7.36. The molecule has 5 aromatic carbocycles. The molecular formula is C35H28S2. The van der Waals surface area contributed by atoms with Gasteiger partial charge in [-0.05, 0) is 81.8 Å². The van der Waals surface area contributed by atoms with Crippen molar-refractivity contribution in [1.82, 2.24) is 0 Å². The van der Waals surface area contributed by atoms with Gasteiger partial charge in [-0.15, -0.1) is 22.7 Å². The number of aryl methyl sites for hydroxylation is 1. The second-order valence-corrected chi connectivity index (χ2v) is 12.1. The predicted octanol–water partition coefficient (Wildman–Crippen LogP) is 11.5. The summed E-state index contributed by atoms with van der Waals surface area (Å²) in [5.41, 5.74) is 6.60. The Bertz CT molecular complexity index is 1870. The third-order valence-corrected chi connectivity index (χ3v) is 10.0. The van der Waals surface area contributed by atoms with Crippen LogP contribution in [0.1, 0.15) is 31.7 Å². The fourth-order valence-corrected chi connectivity index (χ4v) is 8.08. The number of hydrogen-bond donors (Lipinski definition) is 0. The lowest BCUT2D eigenvalue weighted by atomic mass is 9.98. The van der Waals surface area contributed by atoms with Crippen LogP contribution in [0.15, 0.2) is 103 Å². The van der Waals surface area contributed by atoms with Crippen LogP contribution in [0.2, 0.25) is 0 Å². The van der Waals surface area contributed by atoms with Crippen molar-refractivity contribution in [3.8, 4) is 22.3 Å². The molecule has 0 atom stereocenters. The van der Waals surface area contributed by atoms with Gasteiger partial charge in [-0.1, -0.05) is 92.6 Å². The molecule has 0 bridgehead atoms. The molecule has 0 aliphatic heterocycles. The number of rotatable bonds is 6. The van der Waals surface area contributed by atoms with Gasteiger partial charge in [-0.2, -0.15) is 0 Å². The number of hydrogen-bond acceptors (Lipinski definition) is 2. The fraction of sp³-hybridized carbons (Fsp3) is 0.143. The Balaban J connectivity index is 1.29. The molecule has 0 aliphatic carbocycles. The quantitative estimate of drug-likeness (QED) is 0.194. The van der Waals surface area contributed by atoms with Gasteiger partial charge in [0, 0.05) is 20.2 Å². The summed E-state index contributed by atoms with van der Waals surface area (Å²) < 4.78 is 5.59. The van der Waals surface area contributed by atoms with Crippen molar-refractivity contribution in [1.29, 1.82) is 0 Å². The van der Waals surface area contributed by atoms with E-state index < -0.39 is 0 Å². The summed E-state index contributed by atoms with van der Waals surface area (Å²) in [6.07, 6.45) is 5.04. The lowest BCUT2D eigenvalue weighted by Crippen LogP contribution is -1.86. The van der Waals surface area contributed by atoms with E-state index in [-0.39, 0.29) is 0 Å². The van der Waals surface area contributed by atoms with E-state index in [0.29, 0.717) is 0 Å². The largest absolute Gasteiger partial charge is 0.134 e. The first-order valence-electron chi connectivity index (χ1n) is 13.2. The monoisotopic (exact) mass is 512 g/mol. The Morgan fingerprint density at radius 1 is 0.514 bits per heavy atom. The standard InChI is InChI=1S/C35H28S2/c1-2-3-5-8-23-11-13-25(14-12-23)26-15-16-28-22-33-31(21-29(28)19-26)35-34(37-33)30-20-27(17-18-32(30)36-35)24-9-6-4-7-10-24/h4,6-7,9-22H,2-3,5,8H2,1H3. The Hall–Kier alpha value is -3.46. The van der Waals surface area contributed by atoms with Crippen LogP contribution in [0.3, 0.4) is 0 Å². The van der Waals surface area contributed by atoms with E-state index in [1.165, 1.54) is 93.8 Å². The van der Waals surface area contributed by atoms with Gasteiger partial charge in [-0.3, -0.25) is 0 Å². The zero-order chi connectivity index (χ0) is 24.8. The molecule has 7 aromatic rings. The highest BCUT2D eigenvalue weighted by Crippen LogP contribution is 2.46. The maximum Gasteiger partial charge on any atom is 0.0542 e. The maximum atomic E-state index is 2.42. The van der Waals surface area contributed by atoms with Crippen molar-refractivity contribution in [3.05, 3.63) is 109 Å². The molecule has 2 aromatic heterocycles.